The van der Waals surface area contributed by atoms with Crippen LogP contribution in [0.1, 0.15) is 28.9 Å². The average Bonchev–Trinajstić information content (AvgIpc) is 3.11. The number of benzene rings is 3. The highest BCUT2D eigenvalue weighted by atomic mass is 35.5. The topological polar surface area (TPSA) is 57.8 Å². The maximum atomic E-state index is 12.7. The molecule has 4 aromatic rings. The van der Waals surface area contributed by atoms with Gasteiger partial charge >= 0.3 is 0 Å². The molecule has 0 saturated carbocycles. The van der Waals surface area contributed by atoms with Gasteiger partial charge in [0.25, 0.3) is 5.91 Å². The van der Waals surface area contributed by atoms with Crippen molar-refractivity contribution in [1.29, 1.82) is 0 Å². The molecule has 1 amide bonds. The minimum absolute atomic E-state index is 0.0938. The number of fused-ring (bicyclic) bond motifs is 1. The second-order valence-corrected chi connectivity index (χ2v) is 7.33. The number of nitrogens with zero attached hydrogens (tertiary/aromatic N) is 1. The normalized spacial score (nSPS) is 12.1. The van der Waals surface area contributed by atoms with Crippen molar-refractivity contribution < 1.29 is 4.79 Å². The van der Waals surface area contributed by atoms with Gasteiger partial charge in [0.2, 0.25) is 0 Å². The maximum Gasteiger partial charge on any atom is 0.251 e. The van der Waals surface area contributed by atoms with Crippen molar-refractivity contribution in [3.05, 3.63) is 87.9 Å². The van der Waals surface area contributed by atoms with Crippen molar-refractivity contribution in [3.63, 3.8) is 0 Å². The van der Waals surface area contributed by atoms with Crippen LogP contribution in [0.15, 0.2) is 66.7 Å². The van der Waals surface area contributed by atoms with Gasteiger partial charge < -0.3 is 10.3 Å². The summed E-state index contributed by atoms with van der Waals surface area (Å²) in [5.41, 5.74) is 3.72. The highest BCUT2D eigenvalue weighted by Gasteiger charge is 2.15. The van der Waals surface area contributed by atoms with E-state index in [4.69, 9.17) is 23.2 Å². The van der Waals surface area contributed by atoms with Crippen molar-refractivity contribution in [2.45, 2.75) is 13.0 Å². The first-order chi connectivity index (χ1) is 13.5. The molecule has 1 heterocycles. The van der Waals surface area contributed by atoms with Crippen LogP contribution in [0.25, 0.3) is 22.4 Å². The Kier molecular flexibility index (Phi) is 5.07. The summed E-state index contributed by atoms with van der Waals surface area (Å²) in [7, 11) is 0. The number of halogens is 2. The molecule has 1 atom stereocenters. The van der Waals surface area contributed by atoms with E-state index in [1.165, 1.54) is 0 Å². The third-order valence-corrected chi connectivity index (χ3v) is 5.22. The molecule has 0 fully saturated rings. The highest BCUT2D eigenvalue weighted by Crippen LogP contribution is 2.33. The van der Waals surface area contributed by atoms with Gasteiger partial charge in [0.1, 0.15) is 5.82 Å². The Hall–Kier alpha value is -2.82. The third-order valence-electron chi connectivity index (χ3n) is 4.59. The molecular formula is C22H17Cl2N3O. The summed E-state index contributed by atoms with van der Waals surface area (Å²) >= 11 is 12.6. The highest BCUT2D eigenvalue weighted by molar-refractivity contribution is 6.39. The molecule has 4 nitrogen and oxygen atoms in total. The molecule has 0 aliphatic heterocycles. The fraction of sp³-hybridized carbons (Fsp3) is 0.0909. The van der Waals surface area contributed by atoms with E-state index in [2.05, 4.69) is 15.3 Å². The molecule has 1 aromatic heterocycles. The van der Waals surface area contributed by atoms with Gasteiger partial charge in [-0.15, -0.1) is 0 Å². The number of carbonyl (C=O) groups excluding carboxylic acids is 1. The molecule has 3 aromatic carbocycles. The second kappa shape index (κ2) is 7.66. The summed E-state index contributed by atoms with van der Waals surface area (Å²) in [6.45, 7) is 1.96. The predicted molar refractivity (Wildman–Crippen MR) is 114 cm³/mol. The number of amides is 1. The SMILES string of the molecule is C[C@@H](NC(=O)c1ccc2nc(-c3c(Cl)cccc3Cl)[nH]c2c1)c1ccccc1. The van der Waals surface area contributed by atoms with Gasteiger partial charge in [0, 0.05) is 5.56 Å². The summed E-state index contributed by atoms with van der Waals surface area (Å²) in [5.74, 6) is 0.422. The lowest BCUT2D eigenvalue weighted by Crippen LogP contribution is -2.26. The van der Waals surface area contributed by atoms with Crippen LogP contribution >= 0.6 is 23.2 Å². The molecule has 0 radical (unpaired) electrons. The lowest BCUT2D eigenvalue weighted by Gasteiger charge is -2.14. The van der Waals surface area contributed by atoms with Crippen LogP contribution in [0.5, 0.6) is 0 Å². The van der Waals surface area contributed by atoms with Gasteiger partial charge in [-0.3, -0.25) is 4.79 Å². The fourth-order valence-corrected chi connectivity index (χ4v) is 3.67. The van der Waals surface area contributed by atoms with Crippen LogP contribution in [0.4, 0.5) is 0 Å². The number of aromatic amines is 1. The summed E-state index contributed by atoms with van der Waals surface area (Å²) in [6, 6.07) is 20.4. The molecule has 0 unspecified atom stereocenters. The number of H-pyrrole nitrogens is 1. The summed E-state index contributed by atoms with van der Waals surface area (Å²) < 4.78 is 0. The zero-order valence-electron chi connectivity index (χ0n) is 15.0. The number of carbonyl (C=O) groups is 1. The minimum Gasteiger partial charge on any atom is -0.346 e. The van der Waals surface area contributed by atoms with Crippen LogP contribution in [-0.2, 0) is 0 Å². The molecule has 0 saturated heterocycles. The van der Waals surface area contributed by atoms with Crippen molar-refractivity contribution in [2.75, 3.05) is 0 Å². The van der Waals surface area contributed by atoms with Gasteiger partial charge in [-0.1, -0.05) is 59.6 Å². The number of aromatic nitrogens is 2. The van der Waals surface area contributed by atoms with Gasteiger partial charge in [-0.05, 0) is 42.8 Å². The van der Waals surface area contributed by atoms with Crippen molar-refractivity contribution in [1.82, 2.24) is 15.3 Å². The van der Waals surface area contributed by atoms with Gasteiger partial charge in [-0.2, -0.15) is 0 Å². The van der Waals surface area contributed by atoms with Crippen LogP contribution in [0.2, 0.25) is 10.0 Å². The molecule has 0 aliphatic rings. The first-order valence-electron chi connectivity index (χ1n) is 8.83. The lowest BCUT2D eigenvalue weighted by molar-refractivity contribution is 0.0940. The molecular weight excluding hydrogens is 393 g/mol. The largest absolute Gasteiger partial charge is 0.346 e. The predicted octanol–water partition coefficient (Wildman–Crippen LogP) is 6.03. The third kappa shape index (κ3) is 3.61. The summed E-state index contributed by atoms with van der Waals surface area (Å²) in [6.07, 6.45) is 0. The monoisotopic (exact) mass is 409 g/mol. The Bertz CT molecular complexity index is 1130. The summed E-state index contributed by atoms with van der Waals surface area (Å²) in [5, 5.41) is 4.05. The minimum atomic E-state index is -0.148. The second-order valence-electron chi connectivity index (χ2n) is 6.52. The van der Waals surface area contributed by atoms with E-state index in [0.717, 1.165) is 16.6 Å². The van der Waals surface area contributed by atoms with Crippen molar-refractivity contribution >= 4 is 40.1 Å². The Morgan fingerprint density at radius 2 is 1.71 bits per heavy atom. The first-order valence-corrected chi connectivity index (χ1v) is 9.58. The molecule has 140 valence electrons. The Morgan fingerprint density at radius 3 is 2.43 bits per heavy atom. The molecule has 4 rings (SSSR count). The van der Waals surface area contributed by atoms with E-state index in [9.17, 15) is 4.79 Å². The Labute approximate surface area is 172 Å². The van der Waals surface area contributed by atoms with E-state index in [1.54, 1.807) is 30.3 Å². The number of hydrogen-bond acceptors (Lipinski definition) is 2. The van der Waals surface area contributed by atoms with Crippen LogP contribution in [0, 0.1) is 0 Å². The number of imidazole rings is 1. The van der Waals surface area contributed by atoms with Crippen LogP contribution in [-0.4, -0.2) is 15.9 Å². The number of rotatable bonds is 4. The molecule has 6 heteroatoms. The lowest BCUT2D eigenvalue weighted by atomic mass is 10.1. The number of nitrogens with one attached hydrogen (secondary N) is 2. The van der Waals surface area contributed by atoms with E-state index in [1.807, 2.05) is 43.3 Å². The summed E-state index contributed by atoms with van der Waals surface area (Å²) in [4.78, 5) is 20.4. The molecule has 28 heavy (non-hydrogen) atoms. The first kappa shape index (κ1) is 18.5. The van der Waals surface area contributed by atoms with Gasteiger partial charge in [0.05, 0.1) is 32.7 Å². The van der Waals surface area contributed by atoms with Gasteiger partial charge in [-0.25, -0.2) is 4.98 Å². The van der Waals surface area contributed by atoms with E-state index >= 15 is 0 Å². The molecule has 0 aliphatic carbocycles. The van der Waals surface area contributed by atoms with Gasteiger partial charge in [0.15, 0.2) is 0 Å². The smallest absolute Gasteiger partial charge is 0.251 e. The number of hydrogen-bond donors (Lipinski definition) is 2. The van der Waals surface area contributed by atoms with Crippen LogP contribution in [0.3, 0.4) is 0 Å². The Balaban J connectivity index is 1.62. The molecule has 2 N–H and O–H groups in total. The van der Waals surface area contributed by atoms with Crippen molar-refractivity contribution in [3.8, 4) is 11.4 Å². The quantitative estimate of drug-likeness (QED) is 0.432. The molecule has 0 spiro atoms. The van der Waals surface area contributed by atoms with E-state index in [-0.39, 0.29) is 11.9 Å². The Morgan fingerprint density at radius 1 is 1.00 bits per heavy atom. The maximum absolute atomic E-state index is 12.7. The van der Waals surface area contributed by atoms with Crippen molar-refractivity contribution in [2.24, 2.45) is 0 Å². The van der Waals surface area contributed by atoms with E-state index < -0.39 is 0 Å². The molecule has 0 bridgehead atoms. The standard InChI is InChI=1S/C22H17Cl2N3O/c1-13(14-6-3-2-4-7-14)25-22(28)15-10-11-18-19(12-15)27-21(26-18)20-16(23)8-5-9-17(20)24/h2-13H,1H3,(H,25,28)(H,26,27)/t13-/m1/s1. The van der Waals surface area contributed by atoms with Crippen LogP contribution < -0.4 is 5.32 Å². The fourth-order valence-electron chi connectivity index (χ4n) is 3.10. The average molecular weight is 410 g/mol. The zero-order valence-corrected chi connectivity index (χ0v) is 16.6. The zero-order chi connectivity index (χ0) is 19.7. The van der Waals surface area contributed by atoms with E-state index in [0.29, 0.717) is 27.0 Å².